The molecule has 0 heterocycles. The number of carbonyl (C=O) groups excluding carboxylic acids is 2. The van der Waals surface area contributed by atoms with Gasteiger partial charge in [0.2, 0.25) is 11.8 Å². The maximum absolute atomic E-state index is 11.8. The highest BCUT2D eigenvalue weighted by Crippen LogP contribution is 2.28. The number of nitrogens with one attached hydrogen (secondary N) is 2. The molecule has 1 aliphatic rings. The zero-order valence-corrected chi connectivity index (χ0v) is 13.1. The van der Waals surface area contributed by atoms with Crippen molar-refractivity contribution in [2.75, 3.05) is 11.9 Å². The van der Waals surface area contributed by atoms with Gasteiger partial charge >= 0.3 is 0 Å². The molecule has 1 aromatic carbocycles. The van der Waals surface area contributed by atoms with Gasteiger partial charge in [-0.15, -0.1) is 0 Å². The predicted molar refractivity (Wildman–Crippen MR) is 82.5 cm³/mol. The van der Waals surface area contributed by atoms with Crippen LogP contribution in [0.3, 0.4) is 0 Å². The molecule has 2 amide bonds. The van der Waals surface area contributed by atoms with Gasteiger partial charge < -0.3 is 10.6 Å². The molecule has 0 spiro atoms. The molecule has 108 valence electrons. The molecule has 0 bridgehead atoms. The second-order valence-corrected chi connectivity index (χ2v) is 6.04. The Balaban J connectivity index is 1.66. The topological polar surface area (TPSA) is 58.2 Å². The molecular formula is C15H19BrN2O2. The normalized spacial score (nSPS) is 13.9. The van der Waals surface area contributed by atoms with Crippen molar-refractivity contribution in [1.82, 2.24) is 5.32 Å². The van der Waals surface area contributed by atoms with Gasteiger partial charge in [-0.2, -0.15) is 0 Å². The van der Waals surface area contributed by atoms with E-state index in [9.17, 15) is 9.59 Å². The lowest BCUT2D eigenvalue weighted by Gasteiger charge is -2.07. The lowest BCUT2D eigenvalue weighted by Crippen LogP contribution is -2.26. The fraction of sp³-hybridized carbons (Fsp3) is 0.467. The molecule has 0 unspecified atom stereocenters. The summed E-state index contributed by atoms with van der Waals surface area (Å²) in [4.78, 5) is 23.2. The first kappa shape index (κ1) is 15.0. The van der Waals surface area contributed by atoms with Crippen LogP contribution in [0, 0.1) is 12.8 Å². The molecule has 0 radical (unpaired) electrons. The van der Waals surface area contributed by atoms with Crippen LogP contribution >= 0.6 is 15.9 Å². The summed E-state index contributed by atoms with van der Waals surface area (Å²) >= 11 is 3.42. The number of anilines is 1. The lowest BCUT2D eigenvalue weighted by molar-refractivity contribution is -0.122. The average Bonchev–Trinajstić information content (AvgIpc) is 3.23. The smallest absolute Gasteiger partial charge is 0.224 e. The van der Waals surface area contributed by atoms with Crippen LogP contribution in [0.2, 0.25) is 0 Å². The van der Waals surface area contributed by atoms with Gasteiger partial charge in [-0.3, -0.25) is 9.59 Å². The number of benzene rings is 1. The highest BCUT2D eigenvalue weighted by atomic mass is 79.9. The minimum absolute atomic E-state index is 0.0209. The van der Waals surface area contributed by atoms with Gasteiger partial charge in [-0.25, -0.2) is 0 Å². The van der Waals surface area contributed by atoms with Crippen LogP contribution in [0.4, 0.5) is 5.69 Å². The quantitative estimate of drug-likeness (QED) is 0.783. The first-order chi connectivity index (χ1) is 9.56. The van der Waals surface area contributed by atoms with Crippen molar-refractivity contribution in [3.8, 4) is 0 Å². The van der Waals surface area contributed by atoms with Crippen molar-refractivity contribution >= 4 is 33.4 Å². The van der Waals surface area contributed by atoms with Crippen molar-refractivity contribution in [3.63, 3.8) is 0 Å². The molecule has 4 nitrogen and oxygen atoms in total. The predicted octanol–water partition coefficient (Wildman–Crippen LogP) is 3.00. The van der Waals surface area contributed by atoms with Crippen LogP contribution in [0.5, 0.6) is 0 Å². The minimum Gasteiger partial charge on any atom is -0.356 e. The number of carbonyl (C=O) groups is 2. The van der Waals surface area contributed by atoms with Crippen LogP contribution in [-0.2, 0) is 9.59 Å². The lowest BCUT2D eigenvalue weighted by atomic mass is 10.2. The van der Waals surface area contributed by atoms with Crippen LogP contribution in [0.15, 0.2) is 22.7 Å². The summed E-state index contributed by atoms with van der Waals surface area (Å²) in [6.07, 6.45) is 3.10. The van der Waals surface area contributed by atoms with Gasteiger partial charge in [0.25, 0.3) is 0 Å². The number of hydrogen-bond acceptors (Lipinski definition) is 2. The summed E-state index contributed by atoms with van der Waals surface area (Å²) in [7, 11) is 0. The fourth-order valence-corrected chi connectivity index (χ4v) is 2.14. The zero-order valence-electron chi connectivity index (χ0n) is 11.5. The van der Waals surface area contributed by atoms with Crippen molar-refractivity contribution in [1.29, 1.82) is 0 Å². The molecule has 0 saturated heterocycles. The van der Waals surface area contributed by atoms with Gasteiger partial charge in [0.05, 0.1) is 0 Å². The zero-order chi connectivity index (χ0) is 14.5. The minimum atomic E-state index is -0.0209. The first-order valence-corrected chi connectivity index (χ1v) is 7.69. The molecule has 5 heteroatoms. The number of rotatable bonds is 6. The van der Waals surface area contributed by atoms with Crippen LogP contribution in [0.1, 0.15) is 31.2 Å². The van der Waals surface area contributed by atoms with Crippen molar-refractivity contribution in [2.24, 2.45) is 5.92 Å². The Morgan fingerprint density at radius 1 is 1.35 bits per heavy atom. The van der Waals surface area contributed by atoms with E-state index >= 15 is 0 Å². The number of hydrogen-bond donors (Lipinski definition) is 2. The van der Waals surface area contributed by atoms with E-state index < -0.39 is 0 Å². The fourth-order valence-electron chi connectivity index (χ4n) is 1.90. The summed E-state index contributed by atoms with van der Waals surface area (Å²) in [5.74, 6) is 0.343. The Kier molecular flexibility index (Phi) is 5.17. The van der Waals surface area contributed by atoms with E-state index in [1.54, 1.807) is 0 Å². The Hall–Kier alpha value is -1.36. The first-order valence-electron chi connectivity index (χ1n) is 6.90. The molecule has 1 aromatic rings. The molecule has 1 aliphatic carbocycles. The Morgan fingerprint density at radius 2 is 2.10 bits per heavy atom. The highest BCUT2D eigenvalue weighted by molar-refractivity contribution is 9.10. The van der Waals surface area contributed by atoms with E-state index in [-0.39, 0.29) is 17.7 Å². The molecule has 1 fully saturated rings. The molecule has 2 N–H and O–H groups in total. The van der Waals surface area contributed by atoms with Crippen molar-refractivity contribution < 1.29 is 9.59 Å². The summed E-state index contributed by atoms with van der Waals surface area (Å²) in [6.45, 7) is 2.55. The van der Waals surface area contributed by atoms with Crippen molar-refractivity contribution in [3.05, 3.63) is 28.2 Å². The van der Waals surface area contributed by atoms with Gasteiger partial charge in [-0.1, -0.05) is 15.9 Å². The third-order valence-corrected chi connectivity index (χ3v) is 4.16. The maximum Gasteiger partial charge on any atom is 0.224 e. The molecular weight excluding hydrogens is 320 g/mol. The molecule has 0 atom stereocenters. The Morgan fingerprint density at radius 3 is 2.75 bits per heavy atom. The summed E-state index contributed by atoms with van der Waals surface area (Å²) < 4.78 is 1.03. The van der Waals surface area contributed by atoms with E-state index in [0.717, 1.165) is 28.6 Å². The largest absolute Gasteiger partial charge is 0.356 e. The van der Waals surface area contributed by atoms with E-state index in [4.69, 9.17) is 0 Å². The second kappa shape index (κ2) is 6.88. The van der Waals surface area contributed by atoms with Crippen LogP contribution in [0.25, 0.3) is 0 Å². The van der Waals surface area contributed by atoms with Gasteiger partial charge in [-0.05, 0) is 49.9 Å². The Bertz CT molecular complexity index is 513. The van der Waals surface area contributed by atoms with E-state index in [0.29, 0.717) is 19.4 Å². The monoisotopic (exact) mass is 338 g/mol. The van der Waals surface area contributed by atoms with E-state index in [1.807, 2.05) is 25.1 Å². The van der Waals surface area contributed by atoms with E-state index in [1.165, 1.54) is 0 Å². The molecule has 0 aliphatic heterocycles. The maximum atomic E-state index is 11.8. The molecule has 2 rings (SSSR count). The van der Waals surface area contributed by atoms with Crippen molar-refractivity contribution in [2.45, 2.75) is 32.6 Å². The third kappa shape index (κ3) is 4.63. The number of halogens is 1. The van der Waals surface area contributed by atoms with E-state index in [2.05, 4.69) is 26.6 Å². The van der Waals surface area contributed by atoms with Gasteiger partial charge in [0, 0.05) is 29.0 Å². The molecule has 0 aromatic heterocycles. The molecule has 1 saturated carbocycles. The summed E-state index contributed by atoms with van der Waals surface area (Å²) in [5, 5.41) is 5.72. The Labute approximate surface area is 127 Å². The summed E-state index contributed by atoms with van der Waals surface area (Å²) in [5.41, 5.74) is 1.89. The van der Waals surface area contributed by atoms with Gasteiger partial charge in [0.1, 0.15) is 0 Å². The third-order valence-electron chi connectivity index (χ3n) is 3.27. The van der Waals surface area contributed by atoms with Crippen LogP contribution in [-0.4, -0.2) is 18.4 Å². The summed E-state index contributed by atoms with van der Waals surface area (Å²) in [6, 6.07) is 5.71. The standard InChI is InChI=1S/C15H19BrN2O2/c1-10-9-12(6-7-13(10)16)18-14(19)3-2-8-17-15(20)11-4-5-11/h6-7,9,11H,2-5,8H2,1H3,(H,17,20)(H,18,19). The highest BCUT2D eigenvalue weighted by Gasteiger charge is 2.28. The average molecular weight is 339 g/mol. The number of aryl methyl sites for hydroxylation is 1. The van der Waals surface area contributed by atoms with Gasteiger partial charge in [0.15, 0.2) is 0 Å². The SMILES string of the molecule is Cc1cc(NC(=O)CCCNC(=O)C2CC2)ccc1Br. The van der Waals surface area contributed by atoms with Crippen LogP contribution < -0.4 is 10.6 Å². The second-order valence-electron chi connectivity index (χ2n) is 5.18. The number of amides is 2. The molecule has 20 heavy (non-hydrogen) atoms.